The molecule has 0 aliphatic carbocycles. The topological polar surface area (TPSA) is 36.4 Å². The zero-order valence-corrected chi connectivity index (χ0v) is 10.5. The van der Waals surface area contributed by atoms with Crippen molar-refractivity contribution in [1.29, 1.82) is 0 Å². The number of pyridine rings is 1. The molecule has 0 bridgehead atoms. The van der Waals surface area contributed by atoms with E-state index >= 15 is 0 Å². The summed E-state index contributed by atoms with van der Waals surface area (Å²) in [6.45, 7) is 8.15. The molecule has 0 saturated heterocycles. The van der Waals surface area contributed by atoms with Gasteiger partial charge in [-0.2, -0.15) is 0 Å². The van der Waals surface area contributed by atoms with E-state index in [1.54, 1.807) is 13.1 Å². The van der Waals surface area contributed by atoms with Crippen LogP contribution in [-0.2, 0) is 0 Å². The molecule has 0 saturated carbocycles. The van der Waals surface area contributed by atoms with E-state index in [-0.39, 0.29) is 0 Å². The number of anilines is 1. The van der Waals surface area contributed by atoms with Crippen molar-refractivity contribution >= 4 is 5.82 Å². The molecule has 1 heterocycles. The first-order valence-corrected chi connectivity index (χ1v) is 6.08. The molecule has 0 spiro atoms. The third-order valence-electron chi connectivity index (χ3n) is 2.56. The van der Waals surface area contributed by atoms with Crippen molar-refractivity contribution in [3.8, 4) is 0 Å². The lowest BCUT2D eigenvalue weighted by atomic mass is 10.1. The molecule has 0 aliphatic rings. The fourth-order valence-electron chi connectivity index (χ4n) is 1.75. The second-order valence-electron chi connectivity index (χ2n) is 4.11. The monoisotopic (exact) mass is 222 g/mol. The van der Waals surface area contributed by atoms with Crippen LogP contribution in [-0.4, -0.2) is 23.2 Å². The van der Waals surface area contributed by atoms with Gasteiger partial charge < -0.3 is 10.0 Å². The molecular formula is C13H22N2O. The highest BCUT2D eigenvalue weighted by atomic mass is 16.3. The quantitative estimate of drug-likeness (QED) is 0.804. The van der Waals surface area contributed by atoms with Crippen molar-refractivity contribution in [1.82, 2.24) is 4.98 Å². The Balaban J connectivity index is 2.86. The van der Waals surface area contributed by atoms with Crippen LogP contribution in [0.2, 0.25) is 0 Å². The highest BCUT2D eigenvalue weighted by Gasteiger charge is 2.08. The number of hydrogen-bond acceptors (Lipinski definition) is 3. The molecule has 3 nitrogen and oxygen atoms in total. The highest BCUT2D eigenvalue weighted by Crippen LogP contribution is 2.18. The van der Waals surface area contributed by atoms with Crippen molar-refractivity contribution in [3.05, 3.63) is 23.9 Å². The summed E-state index contributed by atoms with van der Waals surface area (Å²) in [5, 5.41) is 9.54. The van der Waals surface area contributed by atoms with Crippen LogP contribution in [0.25, 0.3) is 0 Å². The summed E-state index contributed by atoms with van der Waals surface area (Å²) in [6.07, 6.45) is 3.57. The zero-order valence-electron chi connectivity index (χ0n) is 10.5. The molecule has 1 rings (SSSR count). The second kappa shape index (κ2) is 6.48. The van der Waals surface area contributed by atoms with Gasteiger partial charge >= 0.3 is 0 Å². The first-order chi connectivity index (χ1) is 7.69. The maximum Gasteiger partial charge on any atom is 0.128 e. The third-order valence-corrected chi connectivity index (χ3v) is 2.56. The largest absolute Gasteiger partial charge is 0.389 e. The summed E-state index contributed by atoms with van der Waals surface area (Å²) >= 11 is 0. The Kier molecular flexibility index (Phi) is 5.26. The summed E-state index contributed by atoms with van der Waals surface area (Å²) in [5.41, 5.74) is 0.933. The number of aliphatic hydroxyl groups is 1. The second-order valence-corrected chi connectivity index (χ2v) is 4.11. The zero-order chi connectivity index (χ0) is 12.0. The molecule has 1 atom stereocenters. The predicted molar refractivity (Wildman–Crippen MR) is 67.7 cm³/mol. The van der Waals surface area contributed by atoms with Gasteiger partial charge in [-0.25, -0.2) is 4.98 Å². The van der Waals surface area contributed by atoms with E-state index in [2.05, 4.69) is 23.7 Å². The molecule has 1 aromatic heterocycles. The van der Waals surface area contributed by atoms with Gasteiger partial charge in [-0.3, -0.25) is 0 Å². The minimum Gasteiger partial charge on any atom is -0.389 e. The lowest BCUT2D eigenvalue weighted by Crippen LogP contribution is -2.25. The highest BCUT2D eigenvalue weighted by molar-refractivity contribution is 5.41. The normalized spacial score (nSPS) is 12.5. The molecule has 1 N–H and O–H groups in total. The summed E-state index contributed by atoms with van der Waals surface area (Å²) in [6, 6.07) is 3.85. The SMILES string of the molecule is CCCN(CCC)c1cc(C(C)O)ccn1. The Hall–Kier alpha value is -1.09. The Morgan fingerprint density at radius 2 is 1.94 bits per heavy atom. The van der Waals surface area contributed by atoms with E-state index in [9.17, 15) is 5.11 Å². The van der Waals surface area contributed by atoms with E-state index in [1.165, 1.54) is 0 Å². The van der Waals surface area contributed by atoms with E-state index in [0.29, 0.717) is 0 Å². The van der Waals surface area contributed by atoms with Gasteiger partial charge in [0.2, 0.25) is 0 Å². The van der Waals surface area contributed by atoms with Crippen molar-refractivity contribution < 1.29 is 5.11 Å². The summed E-state index contributed by atoms with van der Waals surface area (Å²) < 4.78 is 0. The minimum atomic E-state index is -0.424. The fraction of sp³-hybridized carbons (Fsp3) is 0.615. The first-order valence-electron chi connectivity index (χ1n) is 6.08. The third kappa shape index (κ3) is 3.49. The van der Waals surface area contributed by atoms with Crippen molar-refractivity contribution in [2.45, 2.75) is 39.7 Å². The molecule has 3 heteroatoms. The smallest absolute Gasteiger partial charge is 0.128 e. The van der Waals surface area contributed by atoms with Gasteiger partial charge in [-0.1, -0.05) is 13.8 Å². The van der Waals surface area contributed by atoms with Crippen LogP contribution in [0.15, 0.2) is 18.3 Å². The Labute approximate surface area is 98.1 Å². The molecule has 90 valence electrons. The molecule has 1 unspecified atom stereocenters. The first kappa shape index (κ1) is 13.0. The Morgan fingerprint density at radius 3 is 2.44 bits per heavy atom. The molecule has 0 radical (unpaired) electrons. The number of rotatable bonds is 6. The standard InChI is InChI=1S/C13H22N2O/c1-4-8-15(9-5-2)13-10-12(11(3)16)6-7-14-13/h6-7,10-11,16H,4-5,8-9H2,1-3H3. The van der Waals surface area contributed by atoms with Crippen LogP contribution in [0, 0.1) is 0 Å². The molecular weight excluding hydrogens is 200 g/mol. The van der Waals surface area contributed by atoms with E-state index in [4.69, 9.17) is 0 Å². The lowest BCUT2D eigenvalue weighted by Gasteiger charge is -2.23. The van der Waals surface area contributed by atoms with Crippen molar-refractivity contribution in [2.75, 3.05) is 18.0 Å². The van der Waals surface area contributed by atoms with Crippen LogP contribution in [0.4, 0.5) is 5.82 Å². The van der Waals surface area contributed by atoms with Gasteiger partial charge in [-0.15, -0.1) is 0 Å². The van der Waals surface area contributed by atoms with Crippen LogP contribution in [0.3, 0.4) is 0 Å². The van der Waals surface area contributed by atoms with Crippen LogP contribution < -0.4 is 4.90 Å². The van der Waals surface area contributed by atoms with Crippen LogP contribution in [0.5, 0.6) is 0 Å². The molecule has 0 fully saturated rings. The fourth-order valence-corrected chi connectivity index (χ4v) is 1.75. The Morgan fingerprint density at radius 1 is 1.31 bits per heavy atom. The van der Waals surface area contributed by atoms with Gasteiger partial charge in [0.05, 0.1) is 6.10 Å². The van der Waals surface area contributed by atoms with Gasteiger partial charge in [0.15, 0.2) is 0 Å². The maximum atomic E-state index is 9.54. The van der Waals surface area contributed by atoms with Crippen molar-refractivity contribution in [3.63, 3.8) is 0 Å². The molecule has 16 heavy (non-hydrogen) atoms. The molecule has 0 aromatic carbocycles. The number of nitrogens with zero attached hydrogens (tertiary/aromatic N) is 2. The van der Waals surface area contributed by atoms with E-state index in [0.717, 1.165) is 37.3 Å². The van der Waals surface area contributed by atoms with E-state index < -0.39 is 6.10 Å². The summed E-state index contributed by atoms with van der Waals surface area (Å²) in [7, 11) is 0. The van der Waals surface area contributed by atoms with Gasteiger partial charge in [-0.05, 0) is 37.5 Å². The number of aromatic nitrogens is 1. The van der Waals surface area contributed by atoms with E-state index in [1.807, 2.05) is 12.1 Å². The van der Waals surface area contributed by atoms with Crippen LogP contribution >= 0.6 is 0 Å². The van der Waals surface area contributed by atoms with Gasteiger partial charge in [0.25, 0.3) is 0 Å². The Bertz CT molecular complexity index is 307. The van der Waals surface area contributed by atoms with Gasteiger partial charge in [0, 0.05) is 19.3 Å². The minimum absolute atomic E-state index is 0.424. The lowest BCUT2D eigenvalue weighted by molar-refractivity contribution is 0.199. The average Bonchev–Trinajstić information content (AvgIpc) is 2.29. The molecule has 0 aliphatic heterocycles. The van der Waals surface area contributed by atoms with Crippen molar-refractivity contribution in [2.24, 2.45) is 0 Å². The molecule has 1 aromatic rings. The number of aliphatic hydroxyl groups excluding tert-OH is 1. The summed E-state index contributed by atoms with van der Waals surface area (Å²) in [4.78, 5) is 6.64. The average molecular weight is 222 g/mol. The predicted octanol–water partition coefficient (Wildman–Crippen LogP) is 2.76. The van der Waals surface area contributed by atoms with Crippen LogP contribution in [0.1, 0.15) is 45.3 Å². The van der Waals surface area contributed by atoms with Gasteiger partial charge in [0.1, 0.15) is 5.82 Å². The maximum absolute atomic E-state index is 9.54. The number of hydrogen-bond donors (Lipinski definition) is 1. The molecule has 0 amide bonds. The summed E-state index contributed by atoms with van der Waals surface area (Å²) in [5.74, 6) is 0.974.